The van der Waals surface area contributed by atoms with Crippen molar-refractivity contribution in [3.63, 3.8) is 0 Å². The van der Waals surface area contributed by atoms with Crippen LogP contribution in [0.25, 0.3) is 6.08 Å². The number of amides is 1. The third-order valence-corrected chi connectivity index (χ3v) is 4.87. The number of nitriles is 1. The number of aryl methyl sites for hydroxylation is 1. The van der Waals surface area contributed by atoms with Crippen LogP contribution in [-0.2, 0) is 11.2 Å². The Morgan fingerprint density at radius 2 is 1.93 bits per heavy atom. The van der Waals surface area contributed by atoms with Crippen molar-refractivity contribution in [2.45, 2.75) is 25.7 Å². The monoisotopic (exact) mass is 377 g/mol. The molecule has 0 unspecified atom stereocenters. The summed E-state index contributed by atoms with van der Waals surface area (Å²) in [5.74, 6) is -0.754. The van der Waals surface area contributed by atoms with Crippen molar-refractivity contribution >= 4 is 17.7 Å². The summed E-state index contributed by atoms with van der Waals surface area (Å²) in [5.41, 5.74) is 2.28. The molecule has 1 fully saturated rings. The molecule has 1 heterocycles. The minimum absolute atomic E-state index is 0.0203. The number of carbonyl (C=O) groups excluding carboxylic acids is 1. The predicted octanol–water partition coefficient (Wildman–Crippen LogP) is 4.08. The number of benzene rings is 2. The van der Waals surface area contributed by atoms with Crippen molar-refractivity contribution in [1.82, 2.24) is 5.32 Å². The van der Waals surface area contributed by atoms with Gasteiger partial charge in [-0.1, -0.05) is 36.4 Å². The zero-order valence-electron chi connectivity index (χ0n) is 15.8. The smallest absolute Gasteiger partial charge is 0.261 e. The molecule has 0 aliphatic carbocycles. The van der Waals surface area contributed by atoms with E-state index in [-0.39, 0.29) is 11.4 Å². The van der Waals surface area contributed by atoms with E-state index < -0.39 is 5.91 Å². The Kier molecular flexibility index (Phi) is 6.80. The summed E-state index contributed by atoms with van der Waals surface area (Å²) < 4.78 is 14.4. The zero-order valence-corrected chi connectivity index (χ0v) is 15.8. The van der Waals surface area contributed by atoms with Crippen molar-refractivity contribution in [3.8, 4) is 6.07 Å². The molecule has 2 aromatic carbocycles. The van der Waals surface area contributed by atoms with Gasteiger partial charge in [-0.25, -0.2) is 4.39 Å². The summed E-state index contributed by atoms with van der Waals surface area (Å²) in [6, 6.07) is 16.8. The van der Waals surface area contributed by atoms with E-state index in [0.29, 0.717) is 17.8 Å². The quantitative estimate of drug-likeness (QED) is 0.449. The number of anilines is 1. The molecule has 2 aromatic rings. The lowest BCUT2D eigenvalue weighted by Crippen LogP contribution is -2.25. The number of nitrogens with zero attached hydrogens (tertiary/aromatic N) is 2. The number of hydrogen-bond donors (Lipinski definition) is 1. The molecule has 0 bridgehead atoms. The molecule has 144 valence electrons. The fourth-order valence-electron chi connectivity index (χ4n) is 3.38. The van der Waals surface area contributed by atoms with Crippen LogP contribution in [0.3, 0.4) is 0 Å². The average Bonchev–Trinajstić information content (AvgIpc) is 3.24. The molecule has 0 saturated carbocycles. The Labute approximate surface area is 165 Å². The number of carbonyl (C=O) groups is 1. The molecule has 1 N–H and O–H groups in total. The van der Waals surface area contributed by atoms with Gasteiger partial charge in [-0.3, -0.25) is 4.79 Å². The number of nitrogens with one attached hydrogen (secondary N) is 1. The Morgan fingerprint density at radius 1 is 1.18 bits per heavy atom. The summed E-state index contributed by atoms with van der Waals surface area (Å²) in [6.45, 7) is 2.21. The second-order valence-electron chi connectivity index (χ2n) is 6.92. The lowest BCUT2D eigenvalue weighted by atomic mass is 10.1. The third kappa shape index (κ3) is 5.20. The Hall–Kier alpha value is -3.13. The number of rotatable bonds is 7. The first-order valence-corrected chi connectivity index (χ1v) is 9.66. The maximum Gasteiger partial charge on any atom is 0.261 e. The third-order valence-electron chi connectivity index (χ3n) is 4.87. The van der Waals surface area contributed by atoms with Gasteiger partial charge in [-0.15, -0.1) is 0 Å². The molecule has 0 aromatic heterocycles. The van der Waals surface area contributed by atoms with Gasteiger partial charge in [0.05, 0.1) is 5.69 Å². The molecule has 0 atom stereocenters. The van der Waals surface area contributed by atoms with E-state index in [1.807, 2.05) is 41.3 Å². The van der Waals surface area contributed by atoms with Gasteiger partial charge in [-0.05, 0) is 55.0 Å². The van der Waals surface area contributed by atoms with Crippen LogP contribution in [0.2, 0.25) is 0 Å². The molecule has 4 nitrogen and oxygen atoms in total. The first-order chi connectivity index (χ1) is 13.7. The number of hydrogen-bond acceptors (Lipinski definition) is 3. The Morgan fingerprint density at radius 3 is 2.61 bits per heavy atom. The van der Waals surface area contributed by atoms with Crippen molar-refractivity contribution in [2.75, 3.05) is 24.5 Å². The van der Waals surface area contributed by atoms with Gasteiger partial charge >= 0.3 is 0 Å². The Balaban J connectivity index is 1.57. The van der Waals surface area contributed by atoms with E-state index >= 15 is 0 Å². The van der Waals surface area contributed by atoms with Gasteiger partial charge in [0.2, 0.25) is 0 Å². The molecule has 5 heteroatoms. The molecular formula is C23H24FN3O. The highest BCUT2D eigenvalue weighted by atomic mass is 19.1. The van der Waals surface area contributed by atoms with Crippen molar-refractivity contribution in [2.24, 2.45) is 0 Å². The lowest BCUT2D eigenvalue weighted by molar-refractivity contribution is -0.117. The van der Waals surface area contributed by atoms with E-state index in [2.05, 4.69) is 5.32 Å². The summed E-state index contributed by atoms with van der Waals surface area (Å²) >= 11 is 0. The normalized spacial score (nSPS) is 14.0. The predicted molar refractivity (Wildman–Crippen MR) is 109 cm³/mol. The minimum atomic E-state index is -0.431. The van der Waals surface area contributed by atoms with Gasteiger partial charge < -0.3 is 10.2 Å². The van der Waals surface area contributed by atoms with Gasteiger partial charge in [-0.2, -0.15) is 5.26 Å². The second kappa shape index (κ2) is 9.70. The SMILES string of the molecule is N#C/C(=C/c1ccc(N2CCCC2)c(F)c1)C(=O)NCCCc1ccccc1. The molecule has 28 heavy (non-hydrogen) atoms. The fraction of sp³-hybridized carbons (Fsp3) is 0.304. The van der Waals surface area contributed by atoms with Crippen LogP contribution in [0.1, 0.15) is 30.4 Å². The van der Waals surface area contributed by atoms with Crippen molar-refractivity contribution in [3.05, 3.63) is 71.0 Å². The maximum absolute atomic E-state index is 14.4. The Bertz CT molecular complexity index is 880. The summed E-state index contributed by atoms with van der Waals surface area (Å²) in [7, 11) is 0. The van der Waals surface area contributed by atoms with Crippen LogP contribution in [0.4, 0.5) is 10.1 Å². The van der Waals surface area contributed by atoms with E-state index in [1.165, 1.54) is 17.7 Å². The van der Waals surface area contributed by atoms with Gasteiger partial charge in [0.25, 0.3) is 5.91 Å². The van der Waals surface area contributed by atoms with Crippen molar-refractivity contribution < 1.29 is 9.18 Å². The zero-order chi connectivity index (χ0) is 19.8. The maximum atomic E-state index is 14.4. The second-order valence-corrected chi connectivity index (χ2v) is 6.92. The minimum Gasteiger partial charge on any atom is -0.369 e. The van der Waals surface area contributed by atoms with Crippen LogP contribution in [0.5, 0.6) is 0 Å². The lowest BCUT2D eigenvalue weighted by Gasteiger charge is -2.18. The number of halogens is 1. The first kappa shape index (κ1) is 19.6. The summed E-state index contributed by atoms with van der Waals surface area (Å²) in [4.78, 5) is 14.3. The molecule has 1 aliphatic heterocycles. The molecule has 1 aliphatic rings. The first-order valence-electron chi connectivity index (χ1n) is 9.66. The standard InChI is InChI=1S/C23H24FN3O/c24-21-16-19(10-11-22(21)27-13-4-5-14-27)15-20(17-25)23(28)26-12-6-9-18-7-2-1-3-8-18/h1-3,7-8,10-11,15-16H,4-6,9,12-14H2,(H,26,28)/b20-15-. The van der Waals surface area contributed by atoms with Crippen LogP contribution in [0.15, 0.2) is 54.1 Å². The highest BCUT2D eigenvalue weighted by Gasteiger charge is 2.16. The topological polar surface area (TPSA) is 56.1 Å². The van der Waals surface area contributed by atoms with Crippen LogP contribution >= 0.6 is 0 Å². The highest BCUT2D eigenvalue weighted by molar-refractivity contribution is 6.01. The molecular weight excluding hydrogens is 353 g/mol. The molecule has 1 saturated heterocycles. The van der Waals surface area contributed by atoms with Crippen LogP contribution in [0, 0.1) is 17.1 Å². The van der Waals surface area contributed by atoms with Crippen LogP contribution in [-0.4, -0.2) is 25.5 Å². The largest absolute Gasteiger partial charge is 0.369 e. The fourth-order valence-corrected chi connectivity index (χ4v) is 3.38. The van der Waals surface area contributed by atoms with E-state index in [4.69, 9.17) is 0 Å². The van der Waals surface area contributed by atoms with E-state index in [9.17, 15) is 14.4 Å². The van der Waals surface area contributed by atoms with E-state index in [0.717, 1.165) is 38.8 Å². The van der Waals surface area contributed by atoms with Gasteiger partial charge in [0.1, 0.15) is 17.5 Å². The molecule has 0 spiro atoms. The highest BCUT2D eigenvalue weighted by Crippen LogP contribution is 2.25. The van der Waals surface area contributed by atoms with Crippen molar-refractivity contribution in [1.29, 1.82) is 5.26 Å². The molecule has 0 radical (unpaired) electrons. The molecule has 1 amide bonds. The van der Waals surface area contributed by atoms with Crippen LogP contribution < -0.4 is 10.2 Å². The summed E-state index contributed by atoms with van der Waals surface area (Å²) in [6.07, 6.45) is 5.22. The van der Waals surface area contributed by atoms with E-state index in [1.54, 1.807) is 12.1 Å². The van der Waals surface area contributed by atoms with Gasteiger partial charge in [0, 0.05) is 19.6 Å². The average molecular weight is 377 g/mol. The summed E-state index contributed by atoms with van der Waals surface area (Å²) in [5, 5.41) is 12.1. The molecule has 3 rings (SSSR count). The van der Waals surface area contributed by atoms with Gasteiger partial charge in [0.15, 0.2) is 0 Å².